The molecule has 1 N–H and O–H groups in total. The molecule has 1 aromatic rings. The third-order valence-corrected chi connectivity index (χ3v) is 1.69. The Kier molecular flexibility index (Phi) is 1.63. The van der Waals surface area contributed by atoms with Crippen LogP contribution in [0.4, 0.5) is 5.69 Å². The van der Waals surface area contributed by atoms with E-state index in [0.717, 1.165) is 17.2 Å². The number of ether oxygens (including phenoxy) is 2. The molecular formula is C9H9NO2. The third kappa shape index (κ3) is 1.09. The number of hydrogen-bond donors (Lipinski definition) is 1. The van der Waals surface area contributed by atoms with E-state index in [1.165, 1.54) is 0 Å². The topological polar surface area (TPSA) is 30.5 Å². The highest BCUT2D eigenvalue weighted by molar-refractivity contribution is 5.62. The van der Waals surface area contributed by atoms with Gasteiger partial charge in [-0.15, -0.1) is 0 Å². The lowest BCUT2D eigenvalue weighted by molar-refractivity contribution is 0.408. The number of fused-ring (bicyclic) bond motifs is 1. The smallest absolute Gasteiger partial charge is 0.153 e. The van der Waals surface area contributed by atoms with Gasteiger partial charge in [-0.25, -0.2) is 0 Å². The van der Waals surface area contributed by atoms with E-state index in [1.807, 2.05) is 18.2 Å². The van der Waals surface area contributed by atoms with E-state index in [0.29, 0.717) is 0 Å². The van der Waals surface area contributed by atoms with Gasteiger partial charge in [0.1, 0.15) is 12.0 Å². The second-order valence-electron chi connectivity index (χ2n) is 2.43. The first-order valence-corrected chi connectivity index (χ1v) is 3.66. The zero-order valence-electron chi connectivity index (χ0n) is 6.70. The number of nitrogens with one attached hydrogen (secondary N) is 1. The van der Waals surface area contributed by atoms with Gasteiger partial charge in [0, 0.05) is 12.3 Å². The van der Waals surface area contributed by atoms with Gasteiger partial charge in [-0.2, -0.15) is 0 Å². The van der Waals surface area contributed by atoms with E-state index in [2.05, 4.69) is 5.32 Å². The minimum Gasteiger partial charge on any atom is -0.497 e. The number of hydrogen-bond acceptors (Lipinski definition) is 3. The molecule has 62 valence electrons. The summed E-state index contributed by atoms with van der Waals surface area (Å²) in [6.07, 6.45) is 3.34. The number of rotatable bonds is 1. The van der Waals surface area contributed by atoms with Crippen LogP contribution in [0.15, 0.2) is 30.7 Å². The van der Waals surface area contributed by atoms with Crippen LogP contribution in [0.2, 0.25) is 0 Å². The molecule has 0 saturated heterocycles. The molecule has 0 unspecified atom stereocenters. The Morgan fingerprint density at radius 3 is 3.17 bits per heavy atom. The van der Waals surface area contributed by atoms with Crippen molar-refractivity contribution in [2.75, 3.05) is 12.4 Å². The maximum absolute atomic E-state index is 5.24. The Morgan fingerprint density at radius 1 is 1.42 bits per heavy atom. The van der Waals surface area contributed by atoms with Crippen molar-refractivity contribution in [1.82, 2.24) is 0 Å². The molecule has 0 bridgehead atoms. The van der Waals surface area contributed by atoms with Crippen LogP contribution in [-0.2, 0) is 0 Å². The van der Waals surface area contributed by atoms with Crippen LogP contribution in [0.1, 0.15) is 0 Å². The summed E-state index contributed by atoms with van der Waals surface area (Å²) in [5.41, 5.74) is 0.957. The highest BCUT2D eigenvalue weighted by atomic mass is 16.5. The van der Waals surface area contributed by atoms with Gasteiger partial charge in [0.05, 0.1) is 12.8 Å². The molecule has 0 amide bonds. The first-order chi connectivity index (χ1) is 5.90. The first-order valence-electron chi connectivity index (χ1n) is 3.66. The van der Waals surface area contributed by atoms with E-state index < -0.39 is 0 Å². The molecule has 1 heterocycles. The van der Waals surface area contributed by atoms with Gasteiger partial charge in [-0.1, -0.05) is 0 Å². The van der Waals surface area contributed by atoms with Crippen LogP contribution in [-0.4, -0.2) is 7.11 Å². The number of methoxy groups -OCH3 is 1. The summed E-state index contributed by atoms with van der Waals surface area (Å²) < 4.78 is 10.3. The molecule has 1 aromatic carbocycles. The van der Waals surface area contributed by atoms with E-state index in [9.17, 15) is 0 Å². The van der Waals surface area contributed by atoms with Gasteiger partial charge in [-0.3, -0.25) is 0 Å². The molecule has 0 spiro atoms. The average Bonchev–Trinajstić information content (AvgIpc) is 2.17. The van der Waals surface area contributed by atoms with Crippen molar-refractivity contribution < 1.29 is 9.47 Å². The van der Waals surface area contributed by atoms with Gasteiger partial charge in [0.15, 0.2) is 5.75 Å². The SMILES string of the molecule is COc1ccc2c(c1)OC=CN2. The van der Waals surface area contributed by atoms with Crippen LogP contribution in [0.3, 0.4) is 0 Å². The molecule has 1 aliphatic rings. The van der Waals surface area contributed by atoms with Gasteiger partial charge in [0.2, 0.25) is 0 Å². The molecule has 3 nitrogen and oxygen atoms in total. The lowest BCUT2D eigenvalue weighted by Gasteiger charge is -2.13. The van der Waals surface area contributed by atoms with Crippen molar-refractivity contribution in [3.8, 4) is 11.5 Å². The van der Waals surface area contributed by atoms with Crippen LogP contribution in [0, 0.1) is 0 Å². The van der Waals surface area contributed by atoms with Gasteiger partial charge < -0.3 is 14.8 Å². The second-order valence-corrected chi connectivity index (χ2v) is 2.43. The summed E-state index contributed by atoms with van der Waals surface area (Å²) in [6.45, 7) is 0. The maximum atomic E-state index is 5.24. The lowest BCUT2D eigenvalue weighted by Crippen LogP contribution is -1.99. The van der Waals surface area contributed by atoms with Crippen LogP contribution >= 0.6 is 0 Å². The van der Waals surface area contributed by atoms with Crippen molar-refractivity contribution in [3.05, 3.63) is 30.7 Å². The molecule has 2 rings (SSSR count). The van der Waals surface area contributed by atoms with E-state index >= 15 is 0 Å². The molecule has 1 aliphatic heterocycles. The Hall–Kier alpha value is -1.64. The Labute approximate surface area is 70.6 Å². The monoisotopic (exact) mass is 163 g/mol. The summed E-state index contributed by atoms with van der Waals surface area (Å²) in [7, 11) is 1.63. The van der Waals surface area contributed by atoms with E-state index in [-0.39, 0.29) is 0 Å². The van der Waals surface area contributed by atoms with Crippen LogP contribution in [0.5, 0.6) is 11.5 Å². The predicted molar refractivity (Wildman–Crippen MR) is 46.4 cm³/mol. The number of anilines is 1. The fraction of sp³-hybridized carbons (Fsp3) is 0.111. The highest BCUT2D eigenvalue weighted by Crippen LogP contribution is 2.31. The standard InChI is InChI=1S/C9H9NO2/c1-11-7-2-3-8-9(6-7)12-5-4-10-8/h2-6,10H,1H3. The molecule has 0 aliphatic carbocycles. The van der Waals surface area contributed by atoms with Gasteiger partial charge in [-0.05, 0) is 12.1 Å². The summed E-state index contributed by atoms with van der Waals surface area (Å²) in [4.78, 5) is 0. The minimum absolute atomic E-state index is 0.789. The van der Waals surface area contributed by atoms with Crippen LogP contribution in [0.25, 0.3) is 0 Å². The summed E-state index contributed by atoms with van der Waals surface area (Å²) >= 11 is 0. The normalized spacial score (nSPS) is 12.8. The van der Waals surface area contributed by atoms with Crippen molar-refractivity contribution in [3.63, 3.8) is 0 Å². The zero-order valence-corrected chi connectivity index (χ0v) is 6.70. The molecule has 0 radical (unpaired) electrons. The lowest BCUT2D eigenvalue weighted by atomic mass is 10.2. The minimum atomic E-state index is 0.789. The second kappa shape index (κ2) is 2.77. The van der Waals surface area contributed by atoms with Crippen molar-refractivity contribution in [2.45, 2.75) is 0 Å². The quantitative estimate of drug-likeness (QED) is 0.686. The largest absolute Gasteiger partial charge is 0.497 e. The van der Waals surface area contributed by atoms with Crippen molar-refractivity contribution in [1.29, 1.82) is 0 Å². The summed E-state index contributed by atoms with van der Waals surface area (Å²) in [5, 5.41) is 3.05. The number of benzene rings is 1. The van der Waals surface area contributed by atoms with Crippen molar-refractivity contribution >= 4 is 5.69 Å². The molecule has 3 heteroatoms. The van der Waals surface area contributed by atoms with Gasteiger partial charge >= 0.3 is 0 Å². The Bertz CT molecular complexity index is 320. The molecule has 0 saturated carbocycles. The van der Waals surface area contributed by atoms with Crippen LogP contribution < -0.4 is 14.8 Å². The molecule has 0 fully saturated rings. The Balaban J connectivity index is 2.39. The summed E-state index contributed by atoms with van der Waals surface area (Å²) in [6, 6.07) is 5.64. The highest BCUT2D eigenvalue weighted by Gasteiger charge is 2.06. The molecule has 0 atom stereocenters. The molecule has 0 aromatic heterocycles. The Morgan fingerprint density at radius 2 is 2.33 bits per heavy atom. The fourth-order valence-corrected chi connectivity index (χ4v) is 1.08. The van der Waals surface area contributed by atoms with E-state index in [1.54, 1.807) is 19.6 Å². The molecule has 12 heavy (non-hydrogen) atoms. The third-order valence-electron chi connectivity index (χ3n) is 1.69. The van der Waals surface area contributed by atoms with Crippen molar-refractivity contribution in [2.24, 2.45) is 0 Å². The fourth-order valence-electron chi connectivity index (χ4n) is 1.08. The predicted octanol–water partition coefficient (Wildman–Crippen LogP) is 1.97. The first kappa shape index (κ1) is 7.03. The maximum Gasteiger partial charge on any atom is 0.153 e. The zero-order chi connectivity index (χ0) is 8.39. The van der Waals surface area contributed by atoms with E-state index in [4.69, 9.17) is 9.47 Å². The van der Waals surface area contributed by atoms with Gasteiger partial charge in [0.25, 0.3) is 0 Å². The average molecular weight is 163 g/mol. The molecular weight excluding hydrogens is 154 g/mol. The summed E-state index contributed by atoms with van der Waals surface area (Å²) in [5.74, 6) is 1.59.